The van der Waals surface area contributed by atoms with E-state index in [1.54, 1.807) is 5.57 Å². The standard InChI is InChI=1S/C26H38O3S/c1-6-21-11-12-22-19(8-7-13-25(21,22)5)9-10-20-14-26(28,15-23(27)18(20)4)29-16-24(30)17(2)3/h9-11,17,22-23,27-28H,4,6-8,12-16H2,1-3,5H3/t22-,23-,25+,26-/m0/s1. The largest absolute Gasteiger partial charge is 0.388 e. The van der Waals surface area contributed by atoms with Crippen LogP contribution >= 0.6 is 12.2 Å². The average molecular weight is 431 g/mol. The number of hydrogen-bond acceptors (Lipinski definition) is 4. The van der Waals surface area contributed by atoms with Crippen LogP contribution in [0.4, 0.5) is 0 Å². The van der Waals surface area contributed by atoms with E-state index in [0.29, 0.717) is 17.9 Å². The summed E-state index contributed by atoms with van der Waals surface area (Å²) in [6.07, 6.45) is 12.2. The highest BCUT2D eigenvalue weighted by molar-refractivity contribution is 7.80. The molecule has 4 atom stereocenters. The molecule has 3 aliphatic rings. The molecule has 3 rings (SSSR count). The molecular weight excluding hydrogens is 392 g/mol. The monoisotopic (exact) mass is 430 g/mol. The smallest absolute Gasteiger partial charge is 0.172 e. The highest BCUT2D eigenvalue weighted by Crippen LogP contribution is 2.55. The summed E-state index contributed by atoms with van der Waals surface area (Å²) >= 11 is 5.34. The van der Waals surface area contributed by atoms with E-state index in [4.69, 9.17) is 17.0 Å². The fourth-order valence-electron chi connectivity index (χ4n) is 5.43. The van der Waals surface area contributed by atoms with Gasteiger partial charge in [0.25, 0.3) is 0 Å². The molecule has 166 valence electrons. The van der Waals surface area contributed by atoms with Crippen molar-refractivity contribution in [3.63, 3.8) is 0 Å². The molecule has 30 heavy (non-hydrogen) atoms. The van der Waals surface area contributed by atoms with Crippen molar-refractivity contribution in [2.24, 2.45) is 17.3 Å². The molecule has 0 aromatic rings. The van der Waals surface area contributed by atoms with Crippen molar-refractivity contribution in [1.82, 2.24) is 0 Å². The number of thiocarbonyl (C=S) groups is 1. The first-order valence-electron chi connectivity index (χ1n) is 11.4. The van der Waals surface area contributed by atoms with Gasteiger partial charge in [-0.15, -0.1) is 0 Å². The van der Waals surface area contributed by atoms with Crippen LogP contribution in [-0.4, -0.2) is 33.6 Å². The van der Waals surface area contributed by atoms with Crippen molar-refractivity contribution in [3.05, 3.63) is 47.1 Å². The molecule has 2 N–H and O–H groups in total. The molecule has 0 radical (unpaired) electrons. The quantitative estimate of drug-likeness (QED) is 0.316. The fourth-order valence-corrected chi connectivity index (χ4v) is 5.49. The van der Waals surface area contributed by atoms with Gasteiger partial charge in [0.2, 0.25) is 0 Å². The minimum atomic E-state index is -1.41. The van der Waals surface area contributed by atoms with Crippen LogP contribution in [0.25, 0.3) is 0 Å². The first kappa shape index (κ1) is 23.6. The summed E-state index contributed by atoms with van der Waals surface area (Å²) in [4.78, 5) is 0.775. The van der Waals surface area contributed by atoms with Gasteiger partial charge in [0, 0.05) is 17.7 Å². The number of allylic oxidation sites excluding steroid dienone is 5. The Labute approximate surface area is 187 Å². The van der Waals surface area contributed by atoms with Crippen LogP contribution in [0, 0.1) is 17.3 Å². The minimum Gasteiger partial charge on any atom is -0.388 e. The number of aliphatic hydroxyl groups is 2. The summed E-state index contributed by atoms with van der Waals surface area (Å²) in [6.45, 7) is 13.0. The highest BCUT2D eigenvalue weighted by atomic mass is 32.1. The lowest BCUT2D eigenvalue weighted by molar-refractivity contribution is -0.211. The Morgan fingerprint density at radius 3 is 2.80 bits per heavy atom. The van der Waals surface area contributed by atoms with Crippen molar-refractivity contribution >= 4 is 17.1 Å². The molecule has 0 aliphatic heterocycles. The lowest BCUT2D eigenvalue weighted by Gasteiger charge is -2.41. The second-order valence-corrected chi connectivity index (χ2v) is 10.4. The Morgan fingerprint density at radius 1 is 1.40 bits per heavy atom. The van der Waals surface area contributed by atoms with Gasteiger partial charge in [0.1, 0.15) is 0 Å². The second kappa shape index (κ2) is 9.20. The molecule has 0 unspecified atom stereocenters. The van der Waals surface area contributed by atoms with Crippen molar-refractivity contribution in [1.29, 1.82) is 0 Å². The summed E-state index contributed by atoms with van der Waals surface area (Å²) < 4.78 is 5.79. The molecule has 0 amide bonds. The summed E-state index contributed by atoms with van der Waals surface area (Å²) in [6, 6.07) is 0. The summed E-state index contributed by atoms with van der Waals surface area (Å²) in [5, 5.41) is 21.5. The highest BCUT2D eigenvalue weighted by Gasteiger charge is 2.44. The number of hydrogen-bond donors (Lipinski definition) is 2. The van der Waals surface area contributed by atoms with E-state index < -0.39 is 11.9 Å². The van der Waals surface area contributed by atoms with Gasteiger partial charge >= 0.3 is 0 Å². The van der Waals surface area contributed by atoms with E-state index in [1.165, 1.54) is 18.4 Å². The molecule has 4 heteroatoms. The zero-order valence-corrected chi connectivity index (χ0v) is 19.9. The van der Waals surface area contributed by atoms with Gasteiger partial charge in [-0.1, -0.05) is 75.9 Å². The van der Waals surface area contributed by atoms with Gasteiger partial charge in [-0.3, -0.25) is 0 Å². The van der Waals surface area contributed by atoms with E-state index in [2.05, 4.69) is 38.7 Å². The van der Waals surface area contributed by atoms with Crippen molar-refractivity contribution in [3.8, 4) is 0 Å². The maximum atomic E-state index is 11.0. The van der Waals surface area contributed by atoms with Crippen LogP contribution in [0.1, 0.15) is 72.6 Å². The maximum absolute atomic E-state index is 11.0. The maximum Gasteiger partial charge on any atom is 0.172 e. The van der Waals surface area contributed by atoms with E-state index in [-0.39, 0.29) is 24.4 Å². The van der Waals surface area contributed by atoms with Crippen LogP contribution in [-0.2, 0) is 4.74 Å². The fraction of sp³-hybridized carbons (Fsp3) is 0.654. The molecule has 0 aromatic carbocycles. The van der Waals surface area contributed by atoms with E-state index >= 15 is 0 Å². The van der Waals surface area contributed by atoms with Crippen molar-refractivity contribution < 1.29 is 14.9 Å². The Bertz CT molecular complexity index is 790. The lowest BCUT2D eigenvalue weighted by Crippen LogP contribution is -2.43. The Kier molecular flexibility index (Phi) is 7.23. The molecule has 2 saturated carbocycles. The zero-order chi connectivity index (χ0) is 22.1. The molecule has 0 bridgehead atoms. The Morgan fingerprint density at radius 2 is 2.13 bits per heavy atom. The van der Waals surface area contributed by atoms with Crippen LogP contribution in [0.3, 0.4) is 0 Å². The zero-order valence-electron chi connectivity index (χ0n) is 19.0. The number of fused-ring (bicyclic) bond motifs is 1. The predicted molar refractivity (Wildman–Crippen MR) is 127 cm³/mol. The van der Waals surface area contributed by atoms with E-state index in [9.17, 15) is 10.2 Å². The molecule has 0 spiro atoms. The van der Waals surface area contributed by atoms with Gasteiger partial charge in [-0.2, -0.15) is 0 Å². The second-order valence-electron chi connectivity index (χ2n) is 9.85. The minimum absolute atomic E-state index is 0.130. The first-order chi connectivity index (χ1) is 14.1. The van der Waals surface area contributed by atoms with Crippen molar-refractivity contribution in [2.45, 2.75) is 84.5 Å². The third kappa shape index (κ3) is 4.72. The Hall–Kier alpha value is -1.07. The summed E-state index contributed by atoms with van der Waals surface area (Å²) in [5.74, 6) is -0.617. The van der Waals surface area contributed by atoms with E-state index in [0.717, 1.165) is 29.7 Å². The van der Waals surface area contributed by atoms with E-state index in [1.807, 2.05) is 13.8 Å². The predicted octanol–water partition coefficient (Wildman–Crippen LogP) is 5.83. The van der Waals surface area contributed by atoms with Crippen LogP contribution < -0.4 is 0 Å². The molecular formula is C26H38O3S. The van der Waals surface area contributed by atoms with Gasteiger partial charge in [-0.25, -0.2) is 0 Å². The van der Waals surface area contributed by atoms with Gasteiger partial charge in [-0.05, 0) is 60.5 Å². The topological polar surface area (TPSA) is 49.7 Å². The van der Waals surface area contributed by atoms with Crippen LogP contribution in [0.15, 0.2) is 47.1 Å². The van der Waals surface area contributed by atoms with Gasteiger partial charge < -0.3 is 14.9 Å². The molecule has 3 nitrogen and oxygen atoms in total. The number of aliphatic hydroxyl groups excluding tert-OH is 1. The van der Waals surface area contributed by atoms with Gasteiger partial charge in [0.05, 0.1) is 12.7 Å². The Balaban J connectivity index is 1.78. The number of ether oxygens (including phenoxy) is 1. The molecule has 3 aliphatic carbocycles. The third-order valence-corrected chi connectivity index (χ3v) is 8.10. The summed E-state index contributed by atoms with van der Waals surface area (Å²) in [5.41, 5.74) is 4.93. The SMILES string of the molecule is C=C1C(=CC=C2CCC[C@]3(C)C(CC)=CC[C@@H]23)C[C@](O)(OCC(=S)C(C)C)C[C@@H]1O. The van der Waals surface area contributed by atoms with Crippen molar-refractivity contribution in [2.75, 3.05) is 6.61 Å². The van der Waals surface area contributed by atoms with Gasteiger partial charge in [0.15, 0.2) is 5.79 Å². The van der Waals surface area contributed by atoms with Crippen LogP contribution in [0.5, 0.6) is 0 Å². The molecule has 0 saturated heterocycles. The number of rotatable bonds is 6. The third-order valence-electron chi connectivity index (χ3n) is 7.51. The normalized spacial score (nSPS) is 37.0. The molecule has 0 heterocycles. The molecule has 2 fully saturated rings. The average Bonchev–Trinajstić information content (AvgIpc) is 3.04. The molecule has 0 aromatic heterocycles. The van der Waals surface area contributed by atoms with Crippen LogP contribution in [0.2, 0.25) is 0 Å². The lowest BCUT2D eigenvalue weighted by atomic mass is 9.64. The first-order valence-corrected chi connectivity index (χ1v) is 11.9. The summed E-state index contributed by atoms with van der Waals surface area (Å²) in [7, 11) is 0.